The molecule has 1 aliphatic rings. The first-order valence-corrected chi connectivity index (χ1v) is 11.2. The van der Waals surface area contributed by atoms with Crippen molar-refractivity contribution in [1.29, 1.82) is 0 Å². The molecule has 31 heavy (non-hydrogen) atoms. The largest absolute Gasteiger partial charge is 0.455 e. The van der Waals surface area contributed by atoms with Gasteiger partial charge in [0.1, 0.15) is 5.75 Å². The molecule has 1 N–H and O–H groups in total. The molecule has 3 aromatic rings. The quantitative estimate of drug-likeness (QED) is 0.602. The SMILES string of the molecule is CC(C)(C)c1cc(=O)n2c(n1)SCC(C(=O)Nc1ccccc1Oc1ccccc1)C2. The molecule has 7 heteroatoms. The lowest BCUT2D eigenvalue weighted by atomic mass is 9.92. The van der Waals surface area contributed by atoms with Gasteiger partial charge in [0.05, 0.1) is 17.3 Å². The number of carbonyl (C=O) groups excluding carboxylic acids is 1. The number of hydrogen-bond acceptors (Lipinski definition) is 5. The topological polar surface area (TPSA) is 73.2 Å². The molecule has 160 valence electrons. The van der Waals surface area contributed by atoms with Gasteiger partial charge in [0.25, 0.3) is 5.56 Å². The summed E-state index contributed by atoms with van der Waals surface area (Å²) in [7, 11) is 0. The molecule has 0 fully saturated rings. The Morgan fingerprint density at radius 1 is 1.13 bits per heavy atom. The van der Waals surface area contributed by atoms with E-state index in [1.165, 1.54) is 11.8 Å². The Bertz CT molecular complexity index is 1150. The van der Waals surface area contributed by atoms with Crippen LogP contribution in [-0.2, 0) is 16.8 Å². The molecule has 1 aromatic heterocycles. The summed E-state index contributed by atoms with van der Waals surface area (Å²) in [5.41, 5.74) is 1.05. The van der Waals surface area contributed by atoms with Crippen LogP contribution in [0.15, 0.2) is 70.6 Å². The fourth-order valence-corrected chi connectivity index (χ4v) is 4.35. The lowest BCUT2D eigenvalue weighted by Gasteiger charge is -2.26. The van der Waals surface area contributed by atoms with E-state index in [0.717, 1.165) is 5.69 Å². The average molecular weight is 436 g/mol. The van der Waals surface area contributed by atoms with Crippen molar-refractivity contribution in [3.8, 4) is 11.5 Å². The number of nitrogens with one attached hydrogen (secondary N) is 1. The maximum Gasteiger partial charge on any atom is 0.254 e. The Hall–Kier alpha value is -3.06. The Kier molecular flexibility index (Phi) is 5.87. The summed E-state index contributed by atoms with van der Waals surface area (Å²) in [4.78, 5) is 30.3. The second-order valence-electron chi connectivity index (χ2n) is 8.53. The van der Waals surface area contributed by atoms with Crippen LogP contribution >= 0.6 is 11.8 Å². The van der Waals surface area contributed by atoms with Crippen LogP contribution in [0.5, 0.6) is 11.5 Å². The van der Waals surface area contributed by atoms with E-state index in [2.05, 4.69) is 10.3 Å². The van der Waals surface area contributed by atoms with E-state index in [0.29, 0.717) is 34.6 Å². The third-order valence-electron chi connectivity index (χ3n) is 5.04. The van der Waals surface area contributed by atoms with Crippen LogP contribution in [0.1, 0.15) is 26.5 Å². The lowest BCUT2D eigenvalue weighted by Crippen LogP contribution is -2.37. The second-order valence-corrected chi connectivity index (χ2v) is 9.52. The maximum atomic E-state index is 13.0. The van der Waals surface area contributed by atoms with E-state index in [-0.39, 0.29) is 22.8 Å². The highest BCUT2D eigenvalue weighted by Gasteiger charge is 2.29. The number of thioether (sulfide) groups is 1. The first kappa shape index (κ1) is 21.2. The number of ether oxygens (including phenoxy) is 1. The van der Waals surface area contributed by atoms with Gasteiger partial charge in [-0.2, -0.15) is 0 Å². The minimum absolute atomic E-state index is 0.118. The van der Waals surface area contributed by atoms with Gasteiger partial charge in [-0.15, -0.1) is 0 Å². The molecule has 0 aliphatic carbocycles. The van der Waals surface area contributed by atoms with Crippen LogP contribution in [0.4, 0.5) is 5.69 Å². The number of nitrogens with zero attached hydrogens (tertiary/aromatic N) is 2. The Morgan fingerprint density at radius 2 is 1.84 bits per heavy atom. The van der Waals surface area contributed by atoms with Crippen molar-refractivity contribution in [3.05, 3.63) is 76.7 Å². The fourth-order valence-electron chi connectivity index (χ4n) is 3.26. The minimum atomic E-state index is -0.345. The number of fused-ring (bicyclic) bond motifs is 1. The normalized spacial score (nSPS) is 15.8. The van der Waals surface area contributed by atoms with Crippen molar-refractivity contribution in [2.24, 2.45) is 5.92 Å². The maximum absolute atomic E-state index is 13.0. The summed E-state index contributed by atoms with van der Waals surface area (Å²) < 4.78 is 7.53. The van der Waals surface area contributed by atoms with Crippen LogP contribution in [0.3, 0.4) is 0 Å². The van der Waals surface area contributed by atoms with Crippen molar-refractivity contribution in [2.75, 3.05) is 11.1 Å². The van der Waals surface area contributed by atoms with Gasteiger partial charge in [-0.3, -0.25) is 14.2 Å². The summed E-state index contributed by atoms with van der Waals surface area (Å²) in [6.07, 6.45) is 0. The summed E-state index contributed by atoms with van der Waals surface area (Å²) in [6, 6.07) is 18.3. The van der Waals surface area contributed by atoms with E-state index in [1.807, 2.05) is 75.4 Å². The molecule has 0 saturated heterocycles. The van der Waals surface area contributed by atoms with Crippen LogP contribution in [-0.4, -0.2) is 21.2 Å². The molecule has 0 bridgehead atoms. The number of para-hydroxylation sites is 3. The molecule has 4 rings (SSSR count). The average Bonchev–Trinajstić information content (AvgIpc) is 2.75. The first-order valence-electron chi connectivity index (χ1n) is 10.2. The molecule has 0 spiro atoms. The Morgan fingerprint density at radius 3 is 2.58 bits per heavy atom. The zero-order valence-corrected chi connectivity index (χ0v) is 18.6. The number of rotatable bonds is 4. The zero-order chi connectivity index (χ0) is 22.0. The highest BCUT2D eigenvalue weighted by Crippen LogP contribution is 2.32. The second kappa shape index (κ2) is 8.59. The summed E-state index contributed by atoms with van der Waals surface area (Å²) in [5.74, 6) is 1.34. The number of aromatic nitrogens is 2. The molecule has 6 nitrogen and oxygen atoms in total. The van der Waals surface area contributed by atoms with Gasteiger partial charge in [-0.25, -0.2) is 4.98 Å². The lowest BCUT2D eigenvalue weighted by molar-refractivity contribution is -0.119. The molecule has 1 aliphatic heterocycles. The van der Waals surface area contributed by atoms with Crippen molar-refractivity contribution in [1.82, 2.24) is 9.55 Å². The van der Waals surface area contributed by atoms with Gasteiger partial charge < -0.3 is 10.1 Å². The van der Waals surface area contributed by atoms with Crippen molar-refractivity contribution < 1.29 is 9.53 Å². The molecular formula is C24H25N3O3S. The summed E-state index contributed by atoms with van der Waals surface area (Å²) >= 11 is 1.45. The number of carbonyl (C=O) groups is 1. The molecule has 2 heterocycles. The smallest absolute Gasteiger partial charge is 0.254 e. The third kappa shape index (κ3) is 4.82. The molecule has 0 radical (unpaired) electrons. The van der Waals surface area contributed by atoms with Gasteiger partial charge >= 0.3 is 0 Å². The van der Waals surface area contributed by atoms with E-state index in [9.17, 15) is 9.59 Å². The number of anilines is 1. The summed E-state index contributed by atoms with van der Waals surface area (Å²) in [6.45, 7) is 6.41. The van der Waals surface area contributed by atoms with Crippen molar-refractivity contribution in [2.45, 2.75) is 37.9 Å². The molecule has 1 atom stereocenters. The van der Waals surface area contributed by atoms with Gasteiger partial charge in [0, 0.05) is 23.8 Å². The standard InChI is InChI=1S/C24H25N3O3S/c1-24(2,3)20-13-21(28)27-14-16(15-31-23(27)26-20)22(29)25-18-11-7-8-12-19(18)30-17-9-5-4-6-10-17/h4-13,16H,14-15H2,1-3H3,(H,25,29). The van der Waals surface area contributed by atoms with E-state index in [1.54, 1.807) is 10.6 Å². The van der Waals surface area contributed by atoms with Crippen LogP contribution in [0, 0.1) is 5.92 Å². The zero-order valence-electron chi connectivity index (χ0n) is 17.8. The Labute approximate surface area is 185 Å². The van der Waals surface area contributed by atoms with E-state index >= 15 is 0 Å². The van der Waals surface area contributed by atoms with Crippen molar-refractivity contribution in [3.63, 3.8) is 0 Å². The van der Waals surface area contributed by atoms with Crippen LogP contribution in [0.25, 0.3) is 0 Å². The molecule has 1 unspecified atom stereocenters. The highest BCUT2D eigenvalue weighted by molar-refractivity contribution is 7.99. The molecule has 2 aromatic carbocycles. The van der Waals surface area contributed by atoms with Crippen molar-refractivity contribution >= 4 is 23.4 Å². The number of benzene rings is 2. The fraction of sp³-hybridized carbons (Fsp3) is 0.292. The van der Waals surface area contributed by atoms with Gasteiger partial charge in [-0.1, -0.05) is 62.9 Å². The van der Waals surface area contributed by atoms with E-state index < -0.39 is 0 Å². The summed E-state index contributed by atoms with van der Waals surface area (Å²) in [5, 5.41) is 3.65. The molecule has 1 amide bonds. The Balaban J connectivity index is 1.51. The monoisotopic (exact) mass is 435 g/mol. The van der Waals surface area contributed by atoms with Gasteiger partial charge in [0.2, 0.25) is 5.91 Å². The molecule has 0 saturated carbocycles. The van der Waals surface area contributed by atoms with Gasteiger partial charge in [0.15, 0.2) is 10.9 Å². The highest BCUT2D eigenvalue weighted by atomic mass is 32.2. The van der Waals surface area contributed by atoms with Crippen LogP contribution < -0.4 is 15.6 Å². The number of amides is 1. The predicted molar refractivity (Wildman–Crippen MR) is 123 cm³/mol. The minimum Gasteiger partial charge on any atom is -0.455 e. The van der Waals surface area contributed by atoms with E-state index in [4.69, 9.17) is 4.74 Å². The third-order valence-corrected chi connectivity index (χ3v) is 6.18. The molecular weight excluding hydrogens is 410 g/mol. The predicted octanol–water partition coefficient (Wildman–Crippen LogP) is 4.69. The number of hydrogen-bond donors (Lipinski definition) is 1. The van der Waals surface area contributed by atoms with Crippen LogP contribution in [0.2, 0.25) is 0 Å². The van der Waals surface area contributed by atoms with Gasteiger partial charge in [-0.05, 0) is 24.3 Å². The first-order chi connectivity index (χ1) is 14.8.